The van der Waals surface area contributed by atoms with Crippen LogP contribution in [-0.2, 0) is 10.0 Å². The molecule has 5 nitrogen and oxygen atoms in total. The molecule has 3 aromatic rings. The molecule has 25 heavy (non-hydrogen) atoms. The van der Waals surface area contributed by atoms with Crippen LogP contribution in [-0.4, -0.2) is 13.4 Å². The summed E-state index contributed by atoms with van der Waals surface area (Å²) in [6, 6.07) is 14.9. The maximum absolute atomic E-state index is 12.2. The second-order valence-corrected chi connectivity index (χ2v) is 8.73. The minimum atomic E-state index is -3.57. The highest BCUT2D eigenvalue weighted by Gasteiger charge is 2.15. The van der Waals surface area contributed by atoms with Gasteiger partial charge in [-0.15, -0.1) is 11.3 Å². The number of hydrogen-bond donors (Lipinski definition) is 2. The van der Waals surface area contributed by atoms with Crippen LogP contribution in [0.3, 0.4) is 0 Å². The highest BCUT2D eigenvalue weighted by molar-refractivity contribution is 7.94. The van der Waals surface area contributed by atoms with E-state index in [-0.39, 0.29) is 10.0 Å². The summed E-state index contributed by atoms with van der Waals surface area (Å²) in [6.07, 6.45) is 1.60. The van der Waals surface area contributed by atoms with Gasteiger partial charge in [0, 0.05) is 5.69 Å². The molecule has 7 heteroatoms. The Bertz CT molecular complexity index is 917. The lowest BCUT2D eigenvalue weighted by Crippen LogP contribution is -2.12. The third-order valence-electron chi connectivity index (χ3n) is 3.63. The Kier molecular flexibility index (Phi) is 5.06. The summed E-state index contributed by atoms with van der Waals surface area (Å²) < 4.78 is 27.1. The minimum Gasteiger partial charge on any atom is -0.354 e. The van der Waals surface area contributed by atoms with Crippen LogP contribution in [0, 0.1) is 0 Å². The van der Waals surface area contributed by atoms with Crippen molar-refractivity contribution in [1.29, 1.82) is 0 Å². The van der Waals surface area contributed by atoms with Crippen LogP contribution >= 0.6 is 11.3 Å². The fourth-order valence-corrected chi connectivity index (χ4v) is 4.25. The topological polar surface area (TPSA) is 71.1 Å². The Morgan fingerprint density at radius 1 is 1.00 bits per heavy atom. The van der Waals surface area contributed by atoms with E-state index in [1.165, 1.54) is 16.9 Å². The molecule has 0 amide bonds. The Labute approximate surface area is 151 Å². The molecule has 0 aliphatic heterocycles. The number of anilines is 3. The monoisotopic (exact) mass is 373 g/mol. The smallest absolute Gasteiger partial charge is 0.272 e. The second-order valence-electron chi connectivity index (χ2n) is 5.87. The Morgan fingerprint density at radius 2 is 1.72 bits per heavy atom. The Balaban J connectivity index is 1.68. The van der Waals surface area contributed by atoms with E-state index in [9.17, 15) is 8.42 Å². The number of hydrogen-bond acceptors (Lipinski definition) is 5. The quantitative estimate of drug-likeness (QED) is 0.650. The molecule has 0 atom stereocenters. The molecule has 0 spiro atoms. The van der Waals surface area contributed by atoms with Crippen LogP contribution in [0.2, 0.25) is 0 Å². The summed E-state index contributed by atoms with van der Waals surface area (Å²) in [5, 5.41) is 4.97. The predicted molar refractivity (Wildman–Crippen MR) is 103 cm³/mol. The summed E-state index contributed by atoms with van der Waals surface area (Å²) >= 11 is 1.17. The van der Waals surface area contributed by atoms with Gasteiger partial charge in [-0.25, -0.2) is 13.4 Å². The lowest BCUT2D eigenvalue weighted by molar-refractivity contribution is 0.603. The van der Waals surface area contributed by atoms with E-state index in [2.05, 4.69) is 41.0 Å². The molecule has 0 aliphatic carbocycles. The van der Waals surface area contributed by atoms with Crippen molar-refractivity contribution in [2.45, 2.75) is 24.0 Å². The predicted octanol–water partition coefficient (Wildman–Crippen LogP) is 4.81. The first-order chi connectivity index (χ1) is 11.9. The van der Waals surface area contributed by atoms with E-state index in [1.807, 2.05) is 12.1 Å². The molecule has 2 aromatic heterocycles. The molecular weight excluding hydrogens is 354 g/mol. The van der Waals surface area contributed by atoms with Crippen LogP contribution in [0.25, 0.3) is 0 Å². The summed E-state index contributed by atoms with van der Waals surface area (Å²) in [6.45, 7) is 4.31. The van der Waals surface area contributed by atoms with Gasteiger partial charge in [0.1, 0.15) is 10.0 Å². The van der Waals surface area contributed by atoms with Crippen molar-refractivity contribution in [3.05, 3.63) is 65.7 Å². The van der Waals surface area contributed by atoms with Crippen molar-refractivity contribution in [3.8, 4) is 0 Å². The average molecular weight is 374 g/mol. The van der Waals surface area contributed by atoms with Gasteiger partial charge in [-0.2, -0.15) is 0 Å². The highest BCUT2D eigenvalue weighted by Crippen LogP contribution is 2.22. The number of sulfonamides is 1. The van der Waals surface area contributed by atoms with Crippen LogP contribution in [0.1, 0.15) is 25.3 Å². The first-order valence-corrected chi connectivity index (χ1v) is 10.2. The molecule has 3 rings (SSSR count). The zero-order chi connectivity index (χ0) is 17.9. The summed E-state index contributed by atoms with van der Waals surface area (Å²) in [5.41, 5.74) is 3.02. The van der Waals surface area contributed by atoms with Crippen molar-refractivity contribution < 1.29 is 8.42 Å². The van der Waals surface area contributed by atoms with Crippen LogP contribution in [0.4, 0.5) is 17.2 Å². The van der Waals surface area contributed by atoms with Gasteiger partial charge in [-0.05, 0) is 47.2 Å². The number of nitrogens with one attached hydrogen (secondary N) is 2. The van der Waals surface area contributed by atoms with Gasteiger partial charge in [-0.3, -0.25) is 4.72 Å². The number of benzene rings is 1. The van der Waals surface area contributed by atoms with Crippen molar-refractivity contribution in [1.82, 2.24) is 4.98 Å². The van der Waals surface area contributed by atoms with Gasteiger partial charge in [0.25, 0.3) is 10.0 Å². The van der Waals surface area contributed by atoms with E-state index in [0.717, 1.165) is 11.4 Å². The van der Waals surface area contributed by atoms with Gasteiger partial charge in [0.15, 0.2) is 0 Å². The lowest BCUT2D eigenvalue weighted by atomic mass is 10.0. The molecule has 2 heterocycles. The highest BCUT2D eigenvalue weighted by atomic mass is 32.2. The zero-order valence-corrected chi connectivity index (χ0v) is 15.6. The molecule has 0 saturated heterocycles. The number of rotatable bonds is 6. The van der Waals surface area contributed by atoms with Crippen molar-refractivity contribution in [3.63, 3.8) is 0 Å². The molecule has 0 radical (unpaired) electrons. The fourth-order valence-electron chi connectivity index (χ4n) is 2.25. The van der Waals surface area contributed by atoms with Crippen molar-refractivity contribution >= 4 is 38.6 Å². The number of nitrogens with zero attached hydrogens (tertiary/aromatic N) is 1. The first-order valence-electron chi connectivity index (χ1n) is 7.83. The molecule has 0 bridgehead atoms. The van der Waals surface area contributed by atoms with Gasteiger partial charge in [0.05, 0.1) is 11.9 Å². The van der Waals surface area contributed by atoms with E-state index < -0.39 is 10.0 Å². The van der Waals surface area contributed by atoms with E-state index in [0.29, 0.717) is 5.92 Å². The number of pyridine rings is 1. The Morgan fingerprint density at radius 3 is 2.28 bits per heavy atom. The average Bonchev–Trinajstić information content (AvgIpc) is 3.12. The minimum absolute atomic E-state index is 0.266. The fraction of sp³-hybridized carbons (Fsp3) is 0.167. The van der Waals surface area contributed by atoms with Crippen LogP contribution in [0.5, 0.6) is 0 Å². The second kappa shape index (κ2) is 7.25. The SMILES string of the molecule is CC(C)c1ccc(Nc2ccc(NS(=O)(=O)c3cccs3)nc2)cc1. The summed E-state index contributed by atoms with van der Waals surface area (Å²) in [5.74, 6) is 0.778. The normalized spacial score (nSPS) is 11.5. The molecule has 0 unspecified atom stereocenters. The molecule has 0 fully saturated rings. The largest absolute Gasteiger partial charge is 0.354 e. The molecular formula is C18H19N3O2S2. The van der Waals surface area contributed by atoms with Crippen molar-refractivity contribution in [2.24, 2.45) is 0 Å². The number of aromatic nitrogens is 1. The van der Waals surface area contributed by atoms with Gasteiger partial charge in [-0.1, -0.05) is 32.0 Å². The molecule has 0 saturated carbocycles. The molecule has 1 aromatic carbocycles. The third-order valence-corrected chi connectivity index (χ3v) is 6.38. The van der Waals surface area contributed by atoms with Crippen molar-refractivity contribution in [2.75, 3.05) is 10.0 Å². The maximum Gasteiger partial charge on any atom is 0.272 e. The van der Waals surface area contributed by atoms with Gasteiger partial charge in [0.2, 0.25) is 0 Å². The molecule has 130 valence electrons. The summed E-state index contributed by atoms with van der Waals surface area (Å²) in [4.78, 5) is 4.17. The number of thiophene rings is 1. The standard InChI is InChI=1S/C18H19N3O2S2/c1-13(2)14-5-7-15(8-6-14)20-16-9-10-17(19-12-16)21-25(22,23)18-4-3-11-24-18/h3-13,20H,1-2H3,(H,19,21). The maximum atomic E-state index is 12.2. The molecule has 2 N–H and O–H groups in total. The van der Waals surface area contributed by atoms with Crippen LogP contribution in [0.15, 0.2) is 64.3 Å². The van der Waals surface area contributed by atoms with Gasteiger partial charge >= 0.3 is 0 Å². The third kappa shape index (κ3) is 4.37. The van der Waals surface area contributed by atoms with E-state index in [4.69, 9.17) is 0 Å². The lowest BCUT2D eigenvalue weighted by Gasteiger charge is -2.10. The summed E-state index contributed by atoms with van der Waals surface area (Å²) in [7, 11) is -3.57. The van der Waals surface area contributed by atoms with E-state index in [1.54, 1.807) is 35.8 Å². The van der Waals surface area contributed by atoms with Gasteiger partial charge < -0.3 is 5.32 Å². The zero-order valence-electron chi connectivity index (χ0n) is 13.9. The van der Waals surface area contributed by atoms with E-state index >= 15 is 0 Å². The Hall–Kier alpha value is -2.38. The van der Waals surface area contributed by atoms with Crippen LogP contribution < -0.4 is 10.0 Å². The first kappa shape index (κ1) is 17.4. The molecule has 0 aliphatic rings.